The molecular formula is C18H21NO4. The van der Waals surface area contributed by atoms with Crippen molar-refractivity contribution < 1.29 is 13.9 Å². The van der Waals surface area contributed by atoms with Crippen LogP contribution in [0.4, 0.5) is 5.69 Å². The highest BCUT2D eigenvalue weighted by molar-refractivity contribution is 5.91. The van der Waals surface area contributed by atoms with Crippen LogP contribution in [-0.4, -0.2) is 12.5 Å². The lowest BCUT2D eigenvalue weighted by Crippen LogP contribution is -2.22. The van der Waals surface area contributed by atoms with E-state index in [2.05, 4.69) is 12.2 Å². The van der Waals surface area contributed by atoms with Crippen LogP contribution in [0.2, 0.25) is 0 Å². The van der Waals surface area contributed by atoms with Gasteiger partial charge < -0.3 is 14.5 Å². The third-order valence-corrected chi connectivity index (χ3v) is 3.41. The highest BCUT2D eigenvalue weighted by Crippen LogP contribution is 2.13. The number of carbonyl (C=O) groups excluding carboxylic acids is 1. The van der Waals surface area contributed by atoms with E-state index < -0.39 is 0 Å². The molecular weight excluding hydrogens is 294 g/mol. The van der Waals surface area contributed by atoms with Crippen molar-refractivity contribution in [1.82, 2.24) is 0 Å². The zero-order valence-electron chi connectivity index (χ0n) is 13.4. The normalized spacial score (nSPS) is 10.3. The summed E-state index contributed by atoms with van der Waals surface area (Å²) in [6.45, 7) is 3.53. The van der Waals surface area contributed by atoms with Crippen LogP contribution < -0.4 is 15.5 Å². The van der Waals surface area contributed by atoms with E-state index in [0.717, 1.165) is 19.3 Å². The molecule has 5 heteroatoms. The lowest BCUT2D eigenvalue weighted by atomic mass is 10.1. The van der Waals surface area contributed by atoms with Crippen LogP contribution in [0.15, 0.2) is 45.8 Å². The summed E-state index contributed by atoms with van der Waals surface area (Å²) < 4.78 is 10.3. The summed E-state index contributed by atoms with van der Waals surface area (Å²) >= 11 is 0. The number of amides is 1. The molecule has 0 aliphatic rings. The first-order valence-electron chi connectivity index (χ1n) is 7.70. The van der Waals surface area contributed by atoms with Gasteiger partial charge in [0.2, 0.25) is 11.2 Å². The quantitative estimate of drug-likeness (QED) is 0.851. The number of hydrogen-bond acceptors (Lipinski definition) is 4. The summed E-state index contributed by atoms with van der Waals surface area (Å²) in [5, 5.41) is 2.74. The van der Waals surface area contributed by atoms with Crippen LogP contribution in [-0.2, 0) is 11.2 Å². The van der Waals surface area contributed by atoms with Crippen LogP contribution in [0.3, 0.4) is 0 Å². The van der Waals surface area contributed by atoms with Crippen LogP contribution in [0.25, 0.3) is 0 Å². The number of hydrogen-bond donors (Lipinski definition) is 1. The second-order valence-corrected chi connectivity index (χ2v) is 5.31. The largest absolute Gasteiger partial charge is 0.476 e. The third-order valence-electron chi connectivity index (χ3n) is 3.41. The highest BCUT2D eigenvalue weighted by atomic mass is 16.5. The molecule has 0 unspecified atom stereocenters. The van der Waals surface area contributed by atoms with Crippen molar-refractivity contribution in [3.63, 3.8) is 0 Å². The molecule has 1 aromatic heterocycles. The van der Waals surface area contributed by atoms with E-state index in [-0.39, 0.29) is 23.7 Å². The molecule has 1 heterocycles. The van der Waals surface area contributed by atoms with Gasteiger partial charge in [0, 0.05) is 11.8 Å². The number of unbranched alkanes of at least 4 members (excludes halogenated alkanes) is 1. The van der Waals surface area contributed by atoms with E-state index in [0.29, 0.717) is 11.4 Å². The molecule has 1 amide bonds. The third kappa shape index (κ3) is 4.98. The van der Waals surface area contributed by atoms with E-state index in [4.69, 9.17) is 9.15 Å². The smallest absolute Gasteiger partial charge is 0.262 e. The molecule has 23 heavy (non-hydrogen) atoms. The lowest BCUT2D eigenvalue weighted by Gasteiger charge is -2.08. The van der Waals surface area contributed by atoms with Crippen molar-refractivity contribution in [2.45, 2.75) is 33.1 Å². The summed E-state index contributed by atoms with van der Waals surface area (Å²) in [7, 11) is 0. The minimum atomic E-state index is -0.325. The number of nitrogens with one attached hydrogen (secondary N) is 1. The van der Waals surface area contributed by atoms with Crippen LogP contribution in [0, 0.1) is 6.92 Å². The van der Waals surface area contributed by atoms with Gasteiger partial charge in [-0.05, 0) is 37.5 Å². The molecule has 0 atom stereocenters. The second-order valence-electron chi connectivity index (χ2n) is 5.31. The van der Waals surface area contributed by atoms with Crippen molar-refractivity contribution in [1.29, 1.82) is 0 Å². The number of carbonyl (C=O) groups is 1. The molecule has 0 spiro atoms. The summed E-state index contributed by atoms with van der Waals surface area (Å²) in [5.41, 5.74) is 1.65. The van der Waals surface area contributed by atoms with Crippen LogP contribution in [0.5, 0.6) is 5.75 Å². The molecule has 1 N–H and O–H groups in total. The van der Waals surface area contributed by atoms with Crippen molar-refractivity contribution >= 4 is 11.6 Å². The van der Waals surface area contributed by atoms with Crippen LogP contribution in [0.1, 0.15) is 31.1 Å². The molecule has 2 aromatic rings. The Morgan fingerprint density at radius 3 is 2.61 bits per heavy atom. The van der Waals surface area contributed by atoms with Crippen molar-refractivity contribution in [2.24, 2.45) is 0 Å². The Labute approximate surface area is 135 Å². The lowest BCUT2D eigenvalue weighted by molar-refractivity contribution is -0.118. The molecule has 2 rings (SSSR count). The van der Waals surface area contributed by atoms with E-state index >= 15 is 0 Å². The molecule has 0 aliphatic carbocycles. The number of rotatable bonds is 7. The van der Waals surface area contributed by atoms with Gasteiger partial charge in [-0.25, -0.2) is 0 Å². The fraction of sp³-hybridized carbons (Fsp3) is 0.333. The first-order valence-corrected chi connectivity index (χ1v) is 7.70. The molecule has 5 nitrogen and oxygen atoms in total. The fourth-order valence-electron chi connectivity index (χ4n) is 2.14. The van der Waals surface area contributed by atoms with Gasteiger partial charge in [-0.1, -0.05) is 25.5 Å². The maximum Gasteiger partial charge on any atom is 0.262 e. The molecule has 1 aromatic carbocycles. The Morgan fingerprint density at radius 2 is 1.96 bits per heavy atom. The molecule has 0 saturated carbocycles. The molecule has 0 bridgehead atoms. The summed E-state index contributed by atoms with van der Waals surface area (Å²) in [6, 6.07) is 9.00. The van der Waals surface area contributed by atoms with Crippen molar-refractivity contribution in [3.05, 3.63) is 58.1 Å². The van der Waals surface area contributed by atoms with Gasteiger partial charge in [-0.15, -0.1) is 0 Å². The summed E-state index contributed by atoms with van der Waals surface area (Å²) in [5.74, 6) is 0.0945. The molecule has 122 valence electrons. The van der Waals surface area contributed by atoms with Gasteiger partial charge in [0.05, 0.1) is 6.26 Å². The fourth-order valence-corrected chi connectivity index (χ4v) is 2.14. The zero-order valence-corrected chi connectivity index (χ0v) is 13.4. The monoisotopic (exact) mass is 315 g/mol. The Bertz CT molecular complexity index is 704. The van der Waals surface area contributed by atoms with Crippen molar-refractivity contribution in [3.8, 4) is 5.75 Å². The predicted octanol–water partition coefficient (Wildman–Crippen LogP) is 3.31. The Hall–Kier alpha value is -2.56. The average molecular weight is 315 g/mol. The Balaban J connectivity index is 1.88. The minimum Gasteiger partial charge on any atom is -0.476 e. The number of ether oxygens (including phenoxy) is 1. The summed E-state index contributed by atoms with van der Waals surface area (Å²) in [6.07, 6.45) is 4.64. The standard InChI is InChI=1S/C18H21NO4/c1-3-4-5-14-6-8-15(9-7-14)19-17(21)12-23-18-13(2)22-11-10-16(18)20/h6-11H,3-5,12H2,1-2H3,(H,19,21). The van der Waals surface area contributed by atoms with Crippen molar-refractivity contribution in [2.75, 3.05) is 11.9 Å². The number of aryl methyl sites for hydroxylation is 2. The highest BCUT2D eigenvalue weighted by Gasteiger charge is 2.09. The zero-order chi connectivity index (χ0) is 16.7. The second kappa shape index (κ2) is 8.17. The molecule has 0 radical (unpaired) electrons. The number of benzene rings is 1. The van der Waals surface area contributed by atoms with E-state index in [1.54, 1.807) is 6.92 Å². The van der Waals surface area contributed by atoms with Gasteiger partial charge in [0.25, 0.3) is 5.91 Å². The molecule has 0 fully saturated rings. The number of anilines is 1. The summed E-state index contributed by atoms with van der Waals surface area (Å²) in [4.78, 5) is 23.5. The molecule has 0 aliphatic heterocycles. The van der Waals surface area contributed by atoms with Gasteiger partial charge in [0.15, 0.2) is 6.61 Å². The van der Waals surface area contributed by atoms with E-state index in [1.807, 2.05) is 24.3 Å². The maximum atomic E-state index is 11.9. The van der Waals surface area contributed by atoms with Gasteiger partial charge >= 0.3 is 0 Å². The molecule has 0 saturated heterocycles. The maximum absolute atomic E-state index is 11.9. The predicted molar refractivity (Wildman–Crippen MR) is 88.9 cm³/mol. The van der Waals surface area contributed by atoms with Gasteiger partial charge in [-0.2, -0.15) is 0 Å². The average Bonchev–Trinajstić information content (AvgIpc) is 2.54. The van der Waals surface area contributed by atoms with E-state index in [9.17, 15) is 9.59 Å². The van der Waals surface area contributed by atoms with Gasteiger partial charge in [0.1, 0.15) is 5.76 Å². The Kier molecular flexibility index (Phi) is 5.97. The minimum absolute atomic E-state index is 0.0672. The van der Waals surface area contributed by atoms with Gasteiger partial charge in [-0.3, -0.25) is 9.59 Å². The topological polar surface area (TPSA) is 68.5 Å². The SMILES string of the molecule is CCCCc1ccc(NC(=O)COc2c(C)occc2=O)cc1. The Morgan fingerprint density at radius 1 is 1.22 bits per heavy atom. The first-order chi connectivity index (χ1) is 11.1. The first kappa shape index (κ1) is 16.8. The van der Waals surface area contributed by atoms with E-state index in [1.165, 1.54) is 17.9 Å². The van der Waals surface area contributed by atoms with Crippen LogP contribution >= 0.6 is 0 Å².